The van der Waals surface area contributed by atoms with Gasteiger partial charge in [0, 0.05) is 26.2 Å². The Balaban J connectivity index is 1.10. The zero-order valence-electron chi connectivity index (χ0n) is 23.7. The van der Waals surface area contributed by atoms with Crippen LogP contribution in [0.15, 0.2) is 126 Å². The smallest absolute Gasteiger partial charge is 0.262 e. The number of anilines is 1. The standard InChI is InChI=1S/C36H32BrN3O3/c37-34-29-16-8-7-11-26(29)19-20-32(34)43-25-33(41)38-31-18-10-9-17-30(31)36(42)40-23-21-39(22-24-40)35(27-12-3-1-4-13-27)28-14-5-2-6-15-28/h1-20,35H,21-25H2,(H,38,41). The molecular weight excluding hydrogens is 602 g/mol. The van der Waals surface area contributed by atoms with Crippen LogP contribution in [0.3, 0.4) is 0 Å². The summed E-state index contributed by atoms with van der Waals surface area (Å²) in [7, 11) is 0. The third-order valence-corrected chi connectivity index (χ3v) is 8.63. The lowest BCUT2D eigenvalue weighted by molar-refractivity contribution is -0.118. The topological polar surface area (TPSA) is 61.9 Å². The Hall–Kier alpha value is -4.46. The molecule has 1 heterocycles. The highest BCUT2D eigenvalue weighted by molar-refractivity contribution is 9.10. The number of para-hydroxylation sites is 1. The Labute approximate surface area is 260 Å². The Bertz CT molecular complexity index is 1680. The molecule has 7 heteroatoms. The number of halogens is 1. The number of hydrogen-bond donors (Lipinski definition) is 1. The molecule has 5 aromatic rings. The van der Waals surface area contributed by atoms with Crippen LogP contribution in [0.2, 0.25) is 0 Å². The largest absolute Gasteiger partial charge is 0.483 e. The normalized spacial score (nSPS) is 13.7. The highest BCUT2D eigenvalue weighted by Gasteiger charge is 2.29. The molecule has 1 fully saturated rings. The molecule has 0 radical (unpaired) electrons. The van der Waals surface area contributed by atoms with E-state index in [1.54, 1.807) is 12.1 Å². The Kier molecular flexibility index (Phi) is 8.82. The van der Waals surface area contributed by atoms with Gasteiger partial charge in [0.1, 0.15) is 5.75 Å². The van der Waals surface area contributed by atoms with Gasteiger partial charge in [0.2, 0.25) is 0 Å². The van der Waals surface area contributed by atoms with E-state index in [4.69, 9.17) is 4.74 Å². The van der Waals surface area contributed by atoms with Gasteiger partial charge >= 0.3 is 0 Å². The lowest BCUT2D eigenvalue weighted by atomic mass is 9.96. The first-order chi connectivity index (χ1) is 21.1. The van der Waals surface area contributed by atoms with E-state index in [0.29, 0.717) is 30.1 Å². The molecule has 0 spiro atoms. The van der Waals surface area contributed by atoms with E-state index in [0.717, 1.165) is 28.3 Å². The molecule has 0 aromatic heterocycles. The van der Waals surface area contributed by atoms with Crippen LogP contribution in [0.25, 0.3) is 10.8 Å². The molecule has 1 aliphatic heterocycles. The maximum atomic E-state index is 13.7. The van der Waals surface area contributed by atoms with Crippen LogP contribution in [-0.4, -0.2) is 54.4 Å². The van der Waals surface area contributed by atoms with Crippen molar-refractivity contribution in [3.05, 3.63) is 142 Å². The van der Waals surface area contributed by atoms with Gasteiger partial charge in [-0.25, -0.2) is 0 Å². The quantitative estimate of drug-likeness (QED) is 0.197. The SMILES string of the molecule is O=C(COc1ccc2ccccc2c1Br)Nc1ccccc1C(=O)N1CCN(C(c2ccccc2)c2ccccc2)CC1. The van der Waals surface area contributed by atoms with Crippen LogP contribution < -0.4 is 10.1 Å². The third-order valence-electron chi connectivity index (χ3n) is 7.82. The highest BCUT2D eigenvalue weighted by atomic mass is 79.9. The molecule has 1 saturated heterocycles. The number of rotatable bonds is 8. The van der Waals surface area contributed by atoms with Gasteiger partial charge < -0.3 is 15.0 Å². The summed E-state index contributed by atoms with van der Waals surface area (Å²) in [5.74, 6) is 0.156. The number of ether oxygens (including phenoxy) is 1. The van der Waals surface area contributed by atoms with Gasteiger partial charge in [-0.3, -0.25) is 14.5 Å². The van der Waals surface area contributed by atoms with Crippen LogP contribution in [-0.2, 0) is 4.79 Å². The van der Waals surface area contributed by atoms with E-state index in [1.807, 2.05) is 65.6 Å². The van der Waals surface area contributed by atoms with Crippen molar-refractivity contribution in [3.8, 4) is 5.75 Å². The maximum Gasteiger partial charge on any atom is 0.262 e. The molecule has 1 aliphatic rings. The van der Waals surface area contributed by atoms with Crippen LogP contribution in [0.1, 0.15) is 27.5 Å². The summed E-state index contributed by atoms with van der Waals surface area (Å²) in [5.41, 5.74) is 3.42. The zero-order chi connectivity index (χ0) is 29.6. The van der Waals surface area contributed by atoms with E-state index in [9.17, 15) is 9.59 Å². The summed E-state index contributed by atoms with van der Waals surface area (Å²) in [6.07, 6.45) is 0. The number of nitrogens with zero attached hydrogens (tertiary/aromatic N) is 2. The first-order valence-electron chi connectivity index (χ1n) is 14.4. The van der Waals surface area contributed by atoms with E-state index < -0.39 is 0 Å². The maximum absolute atomic E-state index is 13.7. The van der Waals surface area contributed by atoms with Gasteiger partial charge in [0.25, 0.3) is 11.8 Å². The van der Waals surface area contributed by atoms with Gasteiger partial charge in [0.05, 0.1) is 21.8 Å². The third kappa shape index (κ3) is 6.48. The lowest BCUT2D eigenvalue weighted by Gasteiger charge is -2.40. The summed E-state index contributed by atoms with van der Waals surface area (Å²) in [6.45, 7) is 2.48. The van der Waals surface area contributed by atoms with Crippen molar-refractivity contribution in [2.45, 2.75) is 6.04 Å². The number of benzene rings is 5. The minimum Gasteiger partial charge on any atom is -0.483 e. The number of carbonyl (C=O) groups excluding carboxylic acids is 2. The molecule has 0 atom stereocenters. The van der Waals surface area contributed by atoms with Crippen LogP contribution >= 0.6 is 15.9 Å². The molecule has 0 saturated carbocycles. The summed E-state index contributed by atoms with van der Waals surface area (Å²) in [6, 6.07) is 40.1. The van der Waals surface area contributed by atoms with E-state index in [-0.39, 0.29) is 24.5 Å². The van der Waals surface area contributed by atoms with Crippen molar-refractivity contribution >= 4 is 44.2 Å². The highest BCUT2D eigenvalue weighted by Crippen LogP contribution is 2.33. The number of carbonyl (C=O) groups is 2. The first kappa shape index (κ1) is 28.6. The van der Waals surface area contributed by atoms with Gasteiger partial charge in [-0.05, 0) is 56.0 Å². The van der Waals surface area contributed by atoms with Crippen molar-refractivity contribution in [2.75, 3.05) is 38.1 Å². The van der Waals surface area contributed by atoms with Crippen molar-refractivity contribution in [2.24, 2.45) is 0 Å². The van der Waals surface area contributed by atoms with Crippen molar-refractivity contribution in [1.82, 2.24) is 9.80 Å². The Morgan fingerprint density at radius 2 is 1.33 bits per heavy atom. The number of amides is 2. The number of piperazine rings is 1. The Morgan fingerprint density at radius 1 is 0.721 bits per heavy atom. The molecule has 2 amide bonds. The minimum atomic E-state index is -0.335. The number of nitrogens with one attached hydrogen (secondary N) is 1. The second kappa shape index (κ2) is 13.2. The summed E-state index contributed by atoms with van der Waals surface area (Å²) in [4.78, 5) is 30.9. The zero-order valence-corrected chi connectivity index (χ0v) is 25.2. The minimum absolute atomic E-state index is 0.0929. The van der Waals surface area contributed by atoms with E-state index >= 15 is 0 Å². The van der Waals surface area contributed by atoms with Crippen molar-refractivity contribution < 1.29 is 14.3 Å². The van der Waals surface area contributed by atoms with Crippen LogP contribution in [0.4, 0.5) is 5.69 Å². The summed E-state index contributed by atoms with van der Waals surface area (Å²) < 4.78 is 6.64. The molecule has 1 N–H and O–H groups in total. The molecular formula is C36H32BrN3O3. The molecule has 43 heavy (non-hydrogen) atoms. The van der Waals surface area contributed by atoms with E-state index in [2.05, 4.69) is 74.7 Å². The van der Waals surface area contributed by atoms with Gasteiger partial charge in [-0.15, -0.1) is 0 Å². The van der Waals surface area contributed by atoms with E-state index in [1.165, 1.54) is 11.1 Å². The molecule has 6 nitrogen and oxygen atoms in total. The van der Waals surface area contributed by atoms with Crippen molar-refractivity contribution in [1.29, 1.82) is 0 Å². The fourth-order valence-electron chi connectivity index (χ4n) is 5.67. The van der Waals surface area contributed by atoms with Gasteiger partial charge in [-0.1, -0.05) is 103 Å². The Morgan fingerprint density at radius 3 is 2.02 bits per heavy atom. The molecule has 0 bridgehead atoms. The monoisotopic (exact) mass is 633 g/mol. The average molecular weight is 635 g/mol. The fourth-order valence-corrected chi connectivity index (χ4v) is 6.28. The van der Waals surface area contributed by atoms with Crippen molar-refractivity contribution in [3.63, 3.8) is 0 Å². The second-order valence-electron chi connectivity index (χ2n) is 10.5. The molecule has 5 aromatic carbocycles. The predicted octanol–water partition coefficient (Wildman–Crippen LogP) is 7.17. The molecule has 0 unspecified atom stereocenters. The lowest BCUT2D eigenvalue weighted by Crippen LogP contribution is -2.50. The molecule has 6 rings (SSSR count). The average Bonchev–Trinajstić information content (AvgIpc) is 3.06. The fraction of sp³-hybridized carbons (Fsp3) is 0.167. The predicted molar refractivity (Wildman–Crippen MR) is 174 cm³/mol. The number of fused-ring (bicyclic) bond motifs is 1. The van der Waals surface area contributed by atoms with Crippen LogP contribution in [0, 0.1) is 0 Å². The first-order valence-corrected chi connectivity index (χ1v) is 15.2. The summed E-state index contributed by atoms with van der Waals surface area (Å²) >= 11 is 3.60. The molecule has 0 aliphatic carbocycles. The number of hydrogen-bond acceptors (Lipinski definition) is 4. The second-order valence-corrected chi connectivity index (χ2v) is 11.3. The molecule has 216 valence electrons. The summed E-state index contributed by atoms with van der Waals surface area (Å²) in [5, 5.41) is 4.98. The van der Waals surface area contributed by atoms with Crippen LogP contribution in [0.5, 0.6) is 5.75 Å². The van der Waals surface area contributed by atoms with Gasteiger partial charge in [0.15, 0.2) is 6.61 Å². The van der Waals surface area contributed by atoms with Gasteiger partial charge in [-0.2, -0.15) is 0 Å².